The van der Waals surface area contributed by atoms with Crippen molar-refractivity contribution in [1.29, 1.82) is 0 Å². The maximum Gasteiger partial charge on any atom is 0.305 e. The molecule has 0 radical (unpaired) electrons. The second-order valence-corrected chi connectivity index (χ2v) is 3.75. The van der Waals surface area contributed by atoms with E-state index in [2.05, 4.69) is 0 Å². The SMILES string of the molecule is CCCC(=O)OCC(CC)C(=O)CCC. The van der Waals surface area contributed by atoms with Crippen molar-refractivity contribution in [2.24, 2.45) is 5.92 Å². The summed E-state index contributed by atoms with van der Waals surface area (Å²) in [6.07, 6.45) is 3.43. The third-order valence-electron chi connectivity index (χ3n) is 2.34. The first-order chi connectivity index (χ1) is 7.15. The van der Waals surface area contributed by atoms with Gasteiger partial charge in [-0.15, -0.1) is 0 Å². The zero-order valence-corrected chi connectivity index (χ0v) is 10.0. The minimum absolute atomic E-state index is 0.106. The van der Waals surface area contributed by atoms with Crippen LogP contribution >= 0.6 is 0 Å². The van der Waals surface area contributed by atoms with Gasteiger partial charge in [0, 0.05) is 12.8 Å². The average molecular weight is 214 g/mol. The second kappa shape index (κ2) is 8.45. The molecule has 15 heavy (non-hydrogen) atoms. The zero-order chi connectivity index (χ0) is 11.7. The van der Waals surface area contributed by atoms with Gasteiger partial charge in [0.05, 0.1) is 5.92 Å². The van der Waals surface area contributed by atoms with Gasteiger partial charge in [-0.25, -0.2) is 0 Å². The number of esters is 1. The van der Waals surface area contributed by atoms with Crippen LogP contribution in [0.1, 0.15) is 52.9 Å². The van der Waals surface area contributed by atoms with Crippen LogP contribution in [0.25, 0.3) is 0 Å². The van der Waals surface area contributed by atoms with E-state index in [0.29, 0.717) is 12.8 Å². The van der Waals surface area contributed by atoms with Gasteiger partial charge in [-0.2, -0.15) is 0 Å². The van der Waals surface area contributed by atoms with Crippen LogP contribution in [0.5, 0.6) is 0 Å². The van der Waals surface area contributed by atoms with Crippen LogP contribution in [0.15, 0.2) is 0 Å². The lowest BCUT2D eigenvalue weighted by atomic mass is 9.99. The van der Waals surface area contributed by atoms with E-state index in [1.165, 1.54) is 0 Å². The highest BCUT2D eigenvalue weighted by Gasteiger charge is 2.17. The van der Waals surface area contributed by atoms with E-state index in [1.807, 2.05) is 20.8 Å². The van der Waals surface area contributed by atoms with Gasteiger partial charge in [0.2, 0.25) is 0 Å². The second-order valence-electron chi connectivity index (χ2n) is 3.75. The molecule has 0 fully saturated rings. The molecule has 0 aromatic rings. The van der Waals surface area contributed by atoms with Crippen LogP contribution in [-0.4, -0.2) is 18.4 Å². The number of hydrogen-bond acceptors (Lipinski definition) is 3. The lowest BCUT2D eigenvalue weighted by Gasteiger charge is -2.13. The van der Waals surface area contributed by atoms with E-state index in [0.717, 1.165) is 19.3 Å². The summed E-state index contributed by atoms with van der Waals surface area (Å²) in [5.74, 6) is -0.0877. The van der Waals surface area contributed by atoms with Gasteiger partial charge in [0.1, 0.15) is 12.4 Å². The van der Waals surface area contributed by atoms with E-state index >= 15 is 0 Å². The third-order valence-corrected chi connectivity index (χ3v) is 2.34. The predicted molar refractivity (Wildman–Crippen MR) is 59.6 cm³/mol. The van der Waals surface area contributed by atoms with Crippen molar-refractivity contribution in [1.82, 2.24) is 0 Å². The van der Waals surface area contributed by atoms with Gasteiger partial charge in [-0.3, -0.25) is 9.59 Å². The number of ether oxygens (including phenoxy) is 1. The van der Waals surface area contributed by atoms with Gasteiger partial charge in [0.25, 0.3) is 0 Å². The highest BCUT2D eigenvalue weighted by molar-refractivity contribution is 5.81. The molecule has 0 aromatic carbocycles. The zero-order valence-electron chi connectivity index (χ0n) is 10.0. The van der Waals surface area contributed by atoms with Crippen LogP contribution in [0, 0.1) is 5.92 Å². The van der Waals surface area contributed by atoms with Gasteiger partial charge < -0.3 is 4.74 Å². The highest BCUT2D eigenvalue weighted by Crippen LogP contribution is 2.09. The normalized spacial score (nSPS) is 12.2. The summed E-state index contributed by atoms with van der Waals surface area (Å²) in [4.78, 5) is 22.7. The van der Waals surface area contributed by atoms with Crippen LogP contribution in [-0.2, 0) is 14.3 Å². The molecule has 3 heteroatoms. The minimum atomic E-state index is -0.194. The fraction of sp³-hybridized carbons (Fsp3) is 0.833. The van der Waals surface area contributed by atoms with E-state index in [-0.39, 0.29) is 24.3 Å². The Kier molecular flexibility index (Phi) is 7.96. The molecule has 0 rings (SSSR count). The Balaban J connectivity index is 3.89. The Morgan fingerprint density at radius 3 is 2.13 bits per heavy atom. The minimum Gasteiger partial charge on any atom is -0.465 e. The number of Topliss-reactive ketones (excluding diaryl/α,β-unsaturated/α-hetero) is 1. The molecule has 88 valence electrons. The first-order valence-corrected chi connectivity index (χ1v) is 5.83. The molecular weight excluding hydrogens is 192 g/mol. The number of carbonyl (C=O) groups is 2. The Bertz CT molecular complexity index is 199. The third kappa shape index (κ3) is 6.26. The molecule has 0 amide bonds. The van der Waals surface area contributed by atoms with Crippen LogP contribution in [0.3, 0.4) is 0 Å². The van der Waals surface area contributed by atoms with Crippen molar-refractivity contribution in [3.05, 3.63) is 0 Å². The first kappa shape index (κ1) is 14.1. The number of ketones is 1. The molecule has 3 nitrogen and oxygen atoms in total. The molecule has 0 saturated heterocycles. The van der Waals surface area contributed by atoms with Crippen LogP contribution < -0.4 is 0 Å². The fourth-order valence-corrected chi connectivity index (χ4v) is 1.36. The molecule has 1 atom stereocenters. The number of rotatable bonds is 8. The summed E-state index contributed by atoms with van der Waals surface area (Å²) < 4.78 is 5.04. The molecule has 0 bridgehead atoms. The molecule has 0 aliphatic rings. The monoisotopic (exact) mass is 214 g/mol. The maximum atomic E-state index is 11.6. The number of carbonyl (C=O) groups excluding carboxylic acids is 2. The molecule has 0 aromatic heterocycles. The largest absolute Gasteiger partial charge is 0.465 e. The molecule has 0 aliphatic heterocycles. The van der Waals surface area contributed by atoms with Gasteiger partial charge in [-0.1, -0.05) is 20.8 Å². The summed E-state index contributed by atoms with van der Waals surface area (Å²) in [5.41, 5.74) is 0. The fourth-order valence-electron chi connectivity index (χ4n) is 1.36. The summed E-state index contributed by atoms with van der Waals surface area (Å²) in [6.45, 7) is 6.12. The van der Waals surface area contributed by atoms with E-state index in [1.54, 1.807) is 0 Å². The van der Waals surface area contributed by atoms with Gasteiger partial charge in [0.15, 0.2) is 0 Å². The smallest absolute Gasteiger partial charge is 0.305 e. The van der Waals surface area contributed by atoms with Crippen molar-refractivity contribution >= 4 is 11.8 Å². The molecule has 0 heterocycles. The first-order valence-electron chi connectivity index (χ1n) is 5.83. The Hall–Kier alpha value is -0.860. The summed E-state index contributed by atoms with van der Waals surface area (Å²) in [7, 11) is 0. The van der Waals surface area contributed by atoms with E-state index < -0.39 is 0 Å². The Morgan fingerprint density at radius 2 is 1.67 bits per heavy atom. The Labute approximate surface area is 92.2 Å². The van der Waals surface area contributed by atoms with Crippen LogP contribution in [0.4, 0.5) is 0 Å². The van der Waals surface area contributed by atoms with Crippen molar-refractivity contribution in [3.63, 3.8) is 0 Å². The van der Waals surface area contributed by atoms with Crippen LogP contribution in [0.2, 0.25) is 0 Å². The number of hydrogen-bond donors (Lipinski definition) is 0. The van der Waals surface area contributed by atoms with Crippen molar-refractivity contribution in [3.8, 4) is 0 Å². The van der Waals surface area contributed by atoms with Gasteiger partial charge >= 0.3 is 5.97 Å². The summed E-state index contributed by atoms with van der Waals surface area (Å²) in [5, 5.41) is 0. The predicted octanol–water partition coefficient (Wildman–Crippen LogP) is 2.73. The van der Waals surface area contributed by atoms with Gasteiger partial charge in [-0.05, 0) is 19.3 Å². The molecule has 1 unspecified atom stereocenters. The maximum absolute atomic E-state index is 11.6. The standard InChI is InChI=1S/C12H22O3/c1-4-7-11(13)10(6-3)9-15-12(14)8-5-2/h10H,4-9H2,1-3H3. The quantitative estimate of drug-likeness (QED) is 0.583. The van der Waals surface area contributed by atoms with Crippen molar-refractivity contribution in [2.45, 2.75) is 52.9 Å². The lowest BCUT2D eigenvalue weighted by molar-refractivity contribution is -0.146. The lowest BCUT2D eigenvalue weighted by Crippen LogP contribution is -2.21. The summed E-state index contributed by atoms with van der Waals surface area (Å²) >= 11 is 0. The molecule has 0 saturated carbocycles. The van der Waals surface area contributed by atoms with Crippen molar-refractivity contribution < 1.29 is 14.3 Å². The average Bonchev–Trinajstić information content (AvgIpc) is 2.19. The van der Waals surface area contributed by atoms with Crippen molar-refractivity contribution in [2.75, 3.05) is 6.61 Å². The molecule has 0 spiro atoms. The van der Waals surface area contributed by atoms with E-state index in [9.17, 15) is 9.59 Å². The molecule has 0 N–H and O–H groups in total. The topological polar surface area (TPSA) is 43.4 Å². The molecular formula is C12H22O3. The molecule has 0 aliphatic carbocycles. The Morgan fingerprint density at radius 1 is 1.07 bits per heavy atom. The summed E-state index contributed by atoms with van der Waals surface area (Å²) in [6, 6.07) is 0. The highest BCUT2D eigenvalue weighted by atomic mass is 16.5. The van der Waals surface area contributed by atoms with E-state index in [4.69, 9.17) is 4.74 Å².